The van der Waals surface area contributed by atoms with Crippen molar-refractivity contribution >= 4 is 14.5 Å². The highest BCUT2D eigenvalue weighted by atomic mass is 14.3. The highest BCUT2D eigenvalue weighted by Crippen LogP contribution is 2.17. The van der Waals surface area contributed by atoms with Crippen molar-refractivity contribution in [1.82, 2.24) is 0 Å². The first-order valence-corrected chi connectivity index (χ1v) is 2.76. The zero-order chi connectivity index (χ0) is 5.91. The Kier molecular flexibility index (Phi) is 2.44. The smallest absolute Gasteiger partial charge is 0.159 e. The molecule has 0 saturated heterocycles. The van der Waals surface area contributed by atoms with Gasteiger partial charge in [0.25, 0.3) is 0 Å². The van der Waals surface area contributed by atoms with Crippen LogP contribution in [0.1, 0.15) is 20.8 Å². The van der Waals surface area contributed by atoms with Gasteiger partial charge in [0.2, 0.25) is 0 Å². The molecule has 0 aromatic heterocycles. The zero-order valence-corrected chi connectivity index (χ0v) is 5.49. The van der Waals surface area contributed by atoms with Crippen LogP contribution in [0.15, 0.2) is 0 Å². The van der Waals surface area contributed by atoms with Crippen LogP contribution < -0.4 is 5.64 Å². The highest BCUT2D eigenvalue weighted by molar-refractivity contribution is 7.00. The van der Waals surface area contributed by atoms with Crippen molar-refractivity contribution in [3.63, 3.8) is 0 Å². The fourth-order valence-electron chi connectivity index (χ4n) is 0.433. The monoisotopic (exact) mass is 97.1 g/mol. The molecule has 40 valence electrons. The number of hydrogen-bond donors (Lipinski definition) is 1. The van der Waals surface area contributed by atoms with E-state index in [1.54, 1.807) is 0 Å². The summed E-state index contributed by atoms with van der Waals surface area (Å²) in [6, 6.07) is 0. The Hall–Kier alpha value is 0.0899. The van der Waals surface area contributed by atoms with Gasteiger partial charge in [0.05, 0.1) is 0 Å². The fourth-order valence-corrected chi connectivity index (χ4v) is 0.433. The lowest BCUT2D eigenvalue weighted by Gasteiger charge is -2.13. The van der Waals surface area contributed by atoms with Gasteiger partial charge in [-0.3, -0.25) is 0 Å². The van der Waals surface area contributed by atoms with Gasteiger partial charge < -0.3 is 5.64 Å². The molecule has 0 radical (unpaired) electrons. The fraction of sp³-hybridized carbons (Fsp3) is 1.00. The van der Waals surface area contributed by atoms with Gasteiger partial charge in [0.15, 0.2) is 7.31 Å². The lowest BCUT2D eigenvalue weighted by Crippen LogP contribution is -2.22. The molecule has 0 aliphatic carbocycles. The number of hydrogen-bond acceptors (Lipinski definition) is 1. The minimum Gasteiger partial charge on any atom is -0.379 e. The zero-order valence-electron chi connectivity index (χ0n) is 5.49. The van der Waals surface area contributed by atoms with E-state index in [9.17, 15) is 0 Å². The average molecular weight is 96.8 g/mol. The van der Waals surface area contributed by atoms with E-state index >= 15 is 0 Å². The van der Waals surface area contributed by atoms with Crippen LogP contribution in [0, 0.1) is 0 Å². The van der Waals surface area contributed by atoms with E-state index in [1.807, 2.05) is 0 Å². The van der Waals surface area contributed by atoms with Gasteiger partial charge >= 0.3 is 0 Å². The van der Waals surface area contributed by atoms with Crippen molar-refractivity contribution in [2.75, 3.05) is 0 Å². The summed E-state index contributed by atoms with van der Waals surface area (Å²) in [5, 5.41) is 0.425. The molecule has 0 heterocycles. The second-order valence-electron chi connectivity index (χ2n) is 3.10. The molecular weight excluding hydrogens is 83.7 g/mol. The molecule has 3 heteroatoms. The molecule has 0 aliphatic rings. The summed E-state index contributed by atoms with van der Waals surface area (Å²) in [5.74, 6) is 0. The van der Waals surface area contributed by atoms with Gasteiger partial charge in [0, 0.05) is 0 Å². The standard InChI is InChI=1S/C4H13B2N/c1-4(2,3)5-6-7/h5-6H,7H2,1-3H3. The van der Waals surface area contributed by atoms with Crippen molar-refractivity contribution in [2.45, 2.75) is 26.1 Å². The summed E-state index contributed by atoms with van der Waals surface area (Å²) < 4.78 is 0. The molecule has 0 unspecified atom stereocenters. The van der Waals surface area contributed by atoms with Crippen LogP contribution in [-0.4, -0.2) is 14.5 Å². The van der Waals surface area contributed by atoms with Crippen LogP contribution in [0.4, 0.5) is 0 Å². The predicted octanol–water partition coefficient (Wildman–Crippen LogP) is -0.133. The van der Waals surface area contributed by atoms with E-state index in [0.717, 1.165) is 14.5 Å². The molecule has 0 saturated carbocycles. The van der Waals surface area contributed by atoms with Crippen molar-refractivity contribution in [1.29, 1.82) is 0 Å². The van der Waals surface area contributed by atoms with Crippen molar-refractivity contribution in [3.05, 3.63) is 0 Å². The molecule has 0 fully saturated rings. The molecule has 1 nitrogen and oxygen atoms in total. The Bertz CT molecular complexity index is 48.1. The minimum atomic E-state index is 0.425. The third-order valence-corrected chi connectivity index (χ3v) is 0.894. The Morgan fingerprint density at radius 3 is 1.71 bits per heavy atom. The summed E-state index contributed by atoms with van der Waals surface area (Å²) in [4.78, 5) is 0. The molecule has 0 aromatic rings. The lowest BCUT2D eigenvalue weighted by molar-refractivity contribution is 0.762. The third kappa shape index (κ3) is 6.09. The summed E-state index contributed by atoms with van der Waals surface area (Å²) in [6.45, 7) is 6.58. The summed E-state index contributed by atoms with van der Waals surface area (Å²) in [7, 11) is 1.93. The molecule has 0 rings (SSSR count). The maximum Gasteiger partial charge on any atom is 0.159 e. The summed E-state index contributed by atoms with van der Waals surface area (Å²) in [6.07, 6.45) is 0. The largest absolute Gasteiger partial charge is 0.379 e. The Morgan fingerprint density at radius 2 is 1.71 bits per heavy atom. The first kappa shape index (κ1) is 7.09. The van der Waals surface area contributed by atoms with E-state index in [4.69, 9.17) is 5.64 Å². The van der Waals surface area contributed by atoms with Crippen LogP contribution in [-0.2, 0) is 0 Å². The minimum absolute atomic E-state index is 0.425. The first-order valence-electron chi connectivity index (χ1n) is 2.76. The van der Waals surface area contributed by atoms with Crippen molar-refractivity contribution < 1.29 is 0 Å². The number of nitrogens with two attached hydrogens (primary N) is 1. The maximum atomic E-state index is 5.31. The molecule has 7 heavy (non-hydrogen) atoms. The molecule has 0 aliphatic heterocycles. The topological polar surface area (TPSA) is 26.0 Å². The van der Waals surface area contributed by atoms with Crippen molar-refractivity contribution in [3.8, 4) is 0 Å². The van der Waals surface area contributed by atoms with Crippen molar-refractivity contribution in [2.24, 2.45) is 5.64 Å². The molecule has 2 N–H and O–H groups in total. The SMILES string of the molecule is CC(C)(C)BBN. The second kappa shape index (κ2) is 2.41. The summed E-state index contributed by atoms with van der Waals surface area (Å²) in [5.41, 5.74) is 5.31. The van der Waals surface area contributed by atoms with E-state index in [1.165, 1.54) is 0 Å². The molecule has 0 bridgehead atoms. The van der Waals surface area contributed by atoms with Crippen LogP contribution in [0.2, 0.25) is 5.31 Å². The molecule has 0 amide bonds. The van der Waals surface area contributed by atoms with Gasteiger partial charge in [-0.25, -0.2) is 0 Å². The third-order valence-electron chi connectivity index (χ3n) is 0.894. The Labute approximate surface area is 47.2 Å². The van der Waals surface area contributed by atoms with Gasteiger partial charge in [-0.2, -0.15) is 0 Å². The van der Waals surface area contributed by atoms with Crippen LogP contribution in [0.5, 0.6) is 0 Å². The first-order chi connectivity index (χ1) is 3.06. The molecular formula is C4H13B2N. The van der Waals surface area contributed by atoms with E-state index in [0.29, 0.717) is 5.31 Å². The van der Waals surface area contributed by atoms with E-state index in [-0.39, 0.29) is 0 Å². The Morgan fingerprint density at radius 1 is 1.29 bits per heavy atom. The maximum absolute atomic E-state index is 5.31. The van der Waals surface area contributed by atoms with Gasteiger partial charge in [-0.1, -0.05) is 26.1 Å². The normalized spacial score (nSPS) is 10.9. The van der Waals surface area contributed by atoms with Crippen LogP contribution >= 0.6 is 0 Å². The van der Waals surface area contributed by atoms with Gasteiger partial charge in [-0.05, 0) is 0 Å². The van der Waals surface area contributed by atoms with E-state index in [2.05, 4.69) is 20.8 Å². The van der Waals surface area contributed by atoms with Crippen LogP contribution in [0.25, 0.3) is 0 Å². The quantitative estimate of drug-likeness (QED) is 0.453. The molecule has 0 atom stereocenters. The van der Waals surface area contributed by atoms with Gasteiger partial charge in [-0.15, -0.1) is 0 Å². The lowest BCUT2D eigenvalue weighted by atomic mass is 9.35. The predicted molar refractivity (Wildman–Crippen MR) is 38.2 cm³/mol. The van der Waals surface area contributed by atoms with Crippen LogP contribution in [0.3, 0.4) is 0 Å². The average Bonchev–Trinajstić information content (AvgIpc) is 1.30. The van der Waals surface area contributed by atoms with Gasteiger partial charge in [0.1, 0.15) is 7.17 Å². The number of rotatable bonds is 1. The highest BCUT2D eigenvalue weighted by Gasteiger charge is 2.09. The van der Waals surface area contributed by atoms with E-state index < -0.39 is 0 Å². The molecule has 0 spiro atoms. The Balaban J connectivity index is 3.15. The second-order valence-corrected chi connectivity index (χ2v) is 3.10. The molecule has 0 aromatic carbocycles. The summed E-state index contributed by atoms with van der Waals surface area (Å²) >= 11 is 0.